The first-order chi connectivity index (χ1) is 15.9. The molecule has 6 heteroatoms. The number of nitrogens with one attached hydrogen (secondary N) is 3. The van der Waals surface area contributed by atoms with Gasteiger partial charge in [0.25, 0.3) is 11.8 Å². The van der Waals surface area contributed by atoms with E-state index in [9.17, 15) is 9.59 Å². The Morgan fingerprint density at radius 1 is 0.939 bits per heavy atom. The Hall–Kier alpha value is -3.90. The second kappa shape index (κ2) is 9.71. The van der Waals surface area contributed by atoms with Crippen LogP contribution in [0.2, 0.25) is 0 Å². The van der Waals surface area contributed by atoms with Crippen LogP contribution in [0.25, 0.3) is 5.57 Å². The molecule has 3 aromatic carbocycles. The Labute approximate surface area is 194 Å². The van der Waals surface area contributed by atoms with Gasteiger partial charge in [-0.25, -0.2) is 0 Å². The molecule has 3 aromatic rings. The number of amides is 2. The standard InChI is InChI=1S/C27H28N4O2/c1-18(25-23-15-21(26(32)28-2)11-14-24(23)30-27(25)33)29-22-12-9-20(10-13-22)17-31(3)16-19-7-5-4-6-8-19/h4-15,29H,16-17H2,1-3H3,(H,28,32)(H,30,33)/b25-18-. The molecule has 0 bridgehead atoms. The predicted octanol–water partition coefficient (Wildman–Crippen LogP) is 4.47. The van der Waals surface area contributed by atoms with Crippen LogP contribution in [-0.4, -0.2) is 30.8 Å². The normalized spacial score (nSPS) is 14.0. The summed E-state index contributed by atoms with van der Waals surface area (Å²) in [5.74, 6) is -0.363. The third-order valence-electron chi connectivity index (χ3n) is 5.66. The zero-order valence-electron chi connectivity index (χ0n) is 19.1. The smallest absolute Gasteiger partial charge is 0.258 e. The van der Waals surface area contributed by atoms with Gasteiger partial charge in [0, 0.05) is 48.3 Å². The van der Waals surface area contributed by atoms with Gasteiger partial charge in [-0.3, -0.25) is 14.5 Å². The molecule has 1 heterocycles. The van der Waals surface area contributed by atoms with E-state index in [2.05, 4.69) is 64.3 Å². The lowest BCUT2D eigenvalue weighted by molar-refractivity contribution is -0.110. The minimum Gasteiger partial charge on any atom is -0.358 e. The molecule has 0 saturated heterocycles. The van der Waals surface area contributed by atoms with Crippen molar-refractivity contribution in [1.29, 1.82) is 0 Å². The molecule has 0 aromatic heterocycles. The zero-order valence-corrected chi connectivity index (χ0v) is 19.1. The Morgan fingerprint density at radius 2 is 1.61 bits per heavy atom. The van der Waals surface area contributed by atoms with E-state index in [4.69, 9.17) is 0 Å². The quantitative estimate of drug-likeness (QED) is 0.474. The topological polar surface area (TPSA) is 73.5 Å². The van der Waals surface area contributed by atoms with Crippen molar-refractivity contribution < 1.29 is 9.59 Å². The number of hydrogen-bond acceptors (Lipinski definition) is 4. The number of benzene rings is 3. The minimum atomic E-state index is -0.185. The first-order valence-electron chi connectivity index (χ1n) is 10.9. The highest BCUT2D eigenvalue weighted by atomic mass is 16.2. The SMILES string of the molecule is CNC(=O)c1ccc2c(c1)/C(=C(\C)Nc1ccc(CN(C)Cc3ccccc3)cc1)C(=O)N2. The Morgan fingerprint density at radius 3 is 2.27 bits per heavy atom. The van der Waals surface area contributed by atoms with Gasteiger partial charge in [0.2, 0.25) is 0 Å². The highest BCUT2D eigenvalue weighted by Gasteiger charge is 2.27. The number of nitrogens with zero attached hydrogens (tertiary/aromatic N) is 1. The third-order valence-corrected chi connectivity index (χ3v) is 5.66. The summed E-state index contributed by atoms with van der Waals surface area (Å²) in [6.45, 7) is 3.60. The number of allylic oxidation sites excluding steroid dienone is 1. The predicted molar refractivity (Wildman–Crippen MR) is 133 cm³/mol. The number of hydrogen-bond donors (Lipinski definition) is 3. The molecule has 4 rings (SSSR count). The van der Waals surface area contributed by atoms with Crippen molar-refractivity contribution in [3.63, 3.8) is 0 Å². The molecule has 168 valence electrons. The van der Waals surface area contributed by atoms with E-state index in [1.54, 1.807) is 25.2 Å². The molecule has 0 atom stereocenters. The van der Waals surface area contributed by atoms with Crippen molar-refractivity contribution in [3.05, 3.63) is 101 Å². The van der Waals surface area contributed by atoms with Crippen molar-refractivity contribution in [1.82, 2.24) is 10.2 Å². The van der Waals surface area contributed by atoms with Crippen LogP contribution in [0, 0.1) is 0 Å². The van der Waals surface area contributed by atoms with Crippen LogP contribution in [0.1, 0.15) is 34.0 Å². The summed E-state index contributed by atoms with van der Waals surface area (Å²) in [7, 11) is 3.70. The van der Waals surface area contributed by atoms with Gasteiger partial charge in [-0.15, -0.1) is 0 Å². The van der Waals surface area contributed by atoms with Crippen molar-refractivity contribution in [2.45, 2.75) is 20.0 Å². The zero-order chi connectivity index (χ0) is 23.4. The Balaban J connectivity index is 1.47. The summed E-state index contributed by atoms with van der Waals surface area (Å²) in [6, 6.07) is 23.8. The van der Waals surface area contributed by atoms with Crippen molar-refractivity contribution in [2.24, 2.45) is 0 Å². The van der Waals surface area contributed by atoms with E-state index >= 15 is 0 Å². The van der Waals surface area contributed by atoms with Crippen LogP contribution in [-0.2, 0) is 17.9 Å². The van der Waals surface area contributed by atoms with E-state index in [1.807, 2.05) is 25.1 Å². The monoisotopic (exact) mass is 440 g/mol. The second-order valence-corrected chi connectivity index (χ2v) is 8.27. The number of rotatable bonds is 7. The average Bonchev–Trinajstić information content (AvgIpc) is 3.15. The van der Waals surface area contributed by atoms with Crippen LogP contribution in [0.15, 0.2) is 78.5 Å². The summed E-state index contributed by atoms with van der Waals surface area (Å²) in [5.41, 5.74) is 6.63. The highest BCUT2D eigenvalue weighted by Crippen LogP contribution is 2.35. The molecule has 3 N–H and O–H groups in total. The van der Waals surface area contributed by atoms with Crippen LogP contribution >= 0.6 is 0 Å². The molecular weight excluding hydrogens is 412 g/mol. The molecule has 33 heavy (non-hydrogen) atoms. The van der Waals surface area contributed by atoms with Crippen molar-refractivity contribution >= 4 is 28.8 Å². The van der Waals surface area contributed by atoms with E-state index in [0.717, 1.165) is 30.0 Å². The number of fused-ring (bicyclic) bond motifs is 1. The van der Waals surface area contributed by atoms with Gasteiger partial charge < -0.3 is 16.0 Å². The Kier molecular flexibility index (Phi) is 6.56. The van der Waals surface area contributed by atoms with E-state index in [0.29, 0.717) is 16.8 Å². The van der Waals surface area contributed by atoms with Crippen LogP contribution in [0.4, 0.5) is 11.4 Å². The van der Waals surface area contributed by atoms with Gasteiger partial charge in [0.05, 0.1) is 5.57 Å². The molecule has 2 amide bonds. The minimum absolute atomic E-state index is 0.178. The summed E-state index contributed by atoms with van der Waals surface area (Å²) in [4.78, 5) is 26.9. The fourth-order valence-corrected chi connectivity index (χ4v) is 4.06. The number of carbonyl (C=O) groups excluding carboxylic acids is 2. The van der Waals surface area contributed by atoms with Gasteiger partial charge in [0.1, 0.15) is 0 Å². The number of anilines is 2. The van der Waals surface area contributed by atoms with Crippen LogP contribution < -0.4 is 16.0 Å². The van der Waals surface area contributed by atoms with Gasteiger partial charge in [0.15, 0.2) is 0 Å². The second-order valence-electron chi connectivity index (χ2n) is 8.27. The molecule has 0 unspecified atom stereocenters. The molecule has 0 saturated carbocycles. The average molecular weight is 441 g/mol. The first kappa shape index (κ1) is 22.3. The van der Waals surface area contributed by atoms with Gasteiger partial charge in [-0.1, -0.05) is 42.5 Å². The summed E-state index contributed by atoms with van der Waals surface area (Å²) in [6.07, 6.45) is 0. The largest absolute Gasteiger partial charge is 0.358 e. The Bertz CT molecular complexity index is 1200. The number of carbonyl (C=O) groups is 2. The lowest BCUT2D eigenvalue weighted by Crippen LogP contribution is -2.17. The highest BCUT2D eigenvalue weighted by molar-refractivity contribution is 6.32. The van der Waals surface area contributed by atoms with Gasteiger partial charge in [-0.2, -0.15) is 0 Å². The van der Waals surface area contributed by atoms with Crippen molar-refractivity contribution in [2.75, 3.05) is 24.7 Å². The molecule has 1 aliphatic rings. The summed E-state index contributed by atoms with van der Waals surface area (Å²) < 4.78 is 0. The fourth-order valence-electron chi connectivity index (χ4n) is 4.06. The fraction of sp³-hybridized carbons (Fsp3) is 0.185. The van der Waals surface area contributed by atoms with Crippen LogP contribution in [0.3, 0.4) is 0 Å². The maximum Gasteiger partial charge on any atom is 0.258 e. The first-order valence-corrected chi connectivity index (χ1v) is 10.9. The molecule has 0 spiro atoms. The molecule has 1 aliphatic heterocycles. The molecule has 0 fully saturated rings. The lowest BCUT2D eigenvalue weighted by atomic mass is 10.0. The maximum atomic E-state index is 12.6. The van der Waals surface area contributed by atoms with E-state index < -0.39 is 0 Å². The summed E-state index contributed by atoms with van der Waals surface area (Å²) in [5, 5.41) is 8.84. The maximum absolute atomic E-state index is 12.6. The van der Waals surface area contributed by atoms with Gasteiger partial charge in [-0.05, 0) is 55.4 Å². The molecule has 0 radical (unpaired) electrons. The molecular formula is C27H28N4O2. The third kappa shape index (κ3) is 5.13. The van der Waals surface area contributed by atoms with Crippen LogP contribution in [0.5, 0.6) is 0 Å². The van der Waals surface area contributed by atoms with Gasteiger partial charge >= 0.3 is 0 Å². The van der Waals surface area contributed by atoms with E-state index in [1.165, 1.54) is 11.1 Å². The van der Waals surface area contributed by atoms with E-state index in [-0.39, 0.29) is 11.8 Å². The lowest BCUT2D eigenvalue weighted by Gasteiger charge is -2.17. The molecule has 0 aliphatic carbocycles. The molecule has 6 nitrogen and oxygen atoms in total. The van der Waals surface area contributed by atoms with Crippen molar-refractivity contribution in [3.8, 4) is 0 Å². The summed E-state index contributed by atoms with van der Waals surface area (Å²) >= 11 is 0.